The van der Waals surface area contributed by atoms with Crippen LogP contribution in [0.15, 0.2) is 46.9 Å². The summed E-state index contributed by atoms with van der Waals surface area (Å²) in [7, 11) is 1.19. The third-order valence-electron chi connectivity index (χ3n) is 5.14. The summed E-state index contributed by atoms with van der Waals surface area (Å²) in [6.07, 6.45) is 0. The summed E-state index contributed by atoms with van der Waals surface area (Å²) in [5, 5.41) is 0. The molecule has 25 heavy (non-hydrogen) atoms. The lowest BCUT2D eigenvalue weighted by Gasteiger charge is -2.08. The number of ketones is 2. The SMILES string of the molecule is COC(=O)[C@H]1[C@H](c2c(F)cccc2Br)C12C(=O)c1ccccc1C2=O. The van der Waals surface area contributed by atoms with Crippen LogP contribution in [0.5, 0.6) is 0 Å². The number of hydrogen-bond acceptors (Lipinski definition) is 4. The molecule has 0 amide bonds. The minimum Gasteiger partial charge on any atom is -0.469 e. The molecule has 0 aromatic heterocycles. The third-order valence-corrected chi connectivity index (χ3v) is 5.83. The molecule has 2 aromatic rings. The fraction of sp³-hybridized carbons (Fsp3) is 0.211. The first-order valence-corrected chi connectivity index (χ1v) is 8.46. The number of ether oxygens (including phenoxy) is 1. The zero-order chi connectivity index (χ0) is 17.9. The lowest BCUT2D eigenvalue weighted by atomic mass is 9.93. The van der Waals surface area contributed by atoms with Gasteiger partial charge in [-0.2, -0.15) is 0 Å². The van der Waals surface area contributed by atoms with E-state index in [0.29, 0.717) is 4.47 Å². The third kappa shape index (κ3) is 1.88. The van der Waals surface area contributed by atoms with Gasteiger partial charge >= 0.3 is 5.97 Å². The quantitative estimate of drug-likeness (QED) is 0.569. The van der Waals surface area contributed by atoms with Crippen LogP contribution in [0.1, 0.15) is 32.2 Å². The molecular formula is C19H12BrFO4. The van der Waals surface area contributed by atoms with Gasteiger partial charge in [0.2, 0.25) is 0 Å². The molecule has 2 atom stereocenters. The van der Waals surface area contributed by atoms with E-state index < -0.39 is 40.6 Å². The van der Waals surface area contributed by atoms with E-state index in [0.717, 1.165) is 0 Å². The van der Waals surface area contributed by atoms with Crippen LogP contribution in [0.25, 0.3) is 0 Å². The molecule has 4 nitrogen and oxygen atoms in total. The number of halogens is 2. The maximum atomic E-state index is 14.5. The summed E-state index contributed by atoms with van der Waals surface area (Å²) in [5.41, 5.74) is -0.901. The highest BCUT2D eigenvalue weighted by Crippen LogP contribution is 2.71. The zero-order valence-corrected chi connectivity index (χ0v) is 14.7. The number of methoxy groups -OCH3 is 1. The average Bonchev–Trinajstić information content (AvgIpc) is 3.24. The van der Waals surface area contributed by atoms with Gasteiger partial charge in [-0.1, -0.05) is 46.3 Å². The number of Topliss-reactive ketones (excluding diaryl/α,β-unsaturated/α-hetero) is 2. The summed E-state index contributed by atoms with van der Waals surface area (Å²) in [6.45, 7) is 0. The number of hydrogen-bond donors (Lipinski definition) is 0. The summed E-state index contributed by atoms with van der Waals surface area (Å²) in [5.74, 6) is -4.05. The van der Waals surface area contributed by atoms with Gasteiger partial charge in [0.15, 0.2) is 11.6 Å². The van der Waals surface area contributed by atoms with Gasteiger partial charge in [-0.25, -0.2) is 4.39 Å². The Balaban J connectivity index is 1.94. The van der Waals surface area contributed by atoms with Crippen LogP contribution in [-0.2, 0) is 9.53 Å². The van der Waals surface area contributed by atoms with Crippen LogP contribution in [-0.4, -0.2) is 24.6 Å². The molecule has 126 valence electrons. The predicted molar refractivity (Wildman–Crippen MR) is 89.9 cm³/mol. The summed E-state index contributed by atoms with van der Waals surface area (Å²) >= 11 is 3.28. The minimum absolute atomic E-state index is 0.160. The van der Waals surface area contributed by atoms with Gasteiger partial charge in [0.1, 0.15) is 11.2 Å². The second kappa shape index (κ2) is 5.33. The molecule has 0 heterocycles. The molecular weight excluding hydrogens is 391 g/mol. The van der Waals surface area contributed by atoms with Crippen molar-refractivity contribution in [2.24, 2.45) is 11.3 Å². The topological polar surface area (TPSA) is 60.4 Å². The van der Waals surface area contributed by atoms with Crippen molar-refractivity contribution in [1.82, 2.24) is 0 Å². The second-order valence-electron chi connectivity index (χ2n) is 6.19. The highest BCUT2D eigenvalue weighted by molar-refractivity contribution is 9.10. The summed E-state index contributed by atoms with van der Waals surface area (Å²) in [4.78, 5) is 38.4. The van der Waals surface area contributed by atoms with Crippen LogP contribution < -0.4 is 0 Å². The molecule has 2 aliphatic carbocycles. The molecule has 2 aliphatic rings. The van der Waals surface area contributed by atoms with E-state index in [4.69, 9.17) is 4.74 Å². The Morgan fingerprint density at radius 3 is 2.20 bits per heavy atom. The van der Waals surface area contributed by atoms with E-state index in [9.17, 15) is 18.8 Å². The van der Waals surface area contributed by atoms with Crippen molar-refractivity contribution < 1.29 is 23.5 Å². The number of rotatable bonds is 2. The Labute approximate surface area is 151 Å². The van der Waals surface area contributed by atoms with Crippen molar-refractivity contribution in [3.05, 3.63) is 69.4 Å². The van der Waals surface area contributed by atoms with Crippen molar-refractivity contribution in [3.8, 4) is 0 Å². The van der Waals surface area contributed by atoms with E-state index in [2.05, 4.69) is 15.9 Å². The normalized spacial score (nSPS) is 22.8. The average molecular weight is 403 g/mol. The molecule has 0 unspecified atom stereocenters. The van der Waals surface area contributed by atoms with Gasteiger partial charge in [0.05, 0.1) is 13.0 Å². The van der Waals surface area contributed by atoms with Crippen molar-refractivity contribution in [2.45, 2.75) is 5.92 Å². The maximum absolute atomic E-state index is 14.5. The fourth-order valence-electron chi connectivity index (χ4n) is 4.03. The van der Waals surface area contributed by atoms with Crippen LogP contribution >= 0.6 is 15.9 Å². The summed E-state index contributed by atoms with van der Waals surface area (Å²) < 4.78 is 19.7. The first-order chi connectivity index (χ1) is 12.0. The van der Waals surface area contributed by atoms with Crippen LogP contribution in [0.4, 0.5) is 4.39 Å². The van der Waals surface area contributed by atoms with Crippen molar-refractivity contribution >= 4 is 33.5 Å². The molecule has 2 aromatic carbocycles. The molecule has 0 aliphatic heterocycles. The Morgan fingerprint density at radius 1 is 1.08 bits per heavy atom. The molecule has 1 saturated carbocycles. The minimum atomic E-state index is -1.61. The molecule has 1 fully saturated rings. The van der Waals surface area contributed by atoms with Gasteiger partial charge in [-0.05, 0) is 12.1 Å². The molecule has 0 saturated heterocycles. The van der Waals surface area contributed by atoms with E-state index in [1.807, 2.05) is 0 Å². The molecule has 0 bridgehead atoms. The molecule has 0 N–H and O–H groups in total. The van der Waals surface area contributed by atoms with E-state index >= 15 is 0 Å². The smallest absolute Gasteiger partial charge is 0.310 e. The van der Waals surface area contributed by atoms with Crippen LogP contribution in [0, 0.1) is 17.2 Å². The van der Waals surface area contributed by atoms with E-state index in [-0.39, 0.29) is 16.7 Å². The monoisotopic (exact) mass is 402 g/mol. The van der Waals surface area contributed by atoms with Gasteiger partial charge in [-0.15, -0.1) is 0 Å². The van der Waals surface area contributed by atoms with Crippen molar-refractivity contribution in [1.29, 1.82) is 0 Å². The number of benzene rings is 2. The Morgan fingerprint density at radius 2 is 1.68 bits per heavy atom. The second-order valence-corrected chi connectivity index (χ2v) is 7.04. The van der Waals surface area contributed by atoms with Crippen molar-refractivity contribution in [2.75, 3.05) is 7.11 Å². The Bertz CT molecular complexity index is 897. The summed E-state index contributed by atoms with van der Waals surface area (Å²) in [6, 6.07) is 10.8. The highest BCUT2D eigenvalue weighted by Gasteiger charge is 2.80. The largest absolute Gasteiger partial charge is 0.469 e. The van der Waals surface area contributed by atoms with Gasteiger partial charge in [0, 0.05) is 27.1 Å². The standard InChI is InChI=1S/C19H12BrFO4/c1-25-18(24)15-14(13-11(20)7-4-8-12(13)21)19(15)16(22)9-5-2-3-6-10(9)17(19)23/h2-8,14-15H,1H3/t14-,15+/m0/s1. The number of carbonyl (C=O) groups excluding carboxylic acids is 3. The van der Waals surface area contributed by atoms with Gasteiger partial charge in [0.25, 0.3) is 0 Å². The number of esters is 1. The molecule has 6 heteroatoms. The predicted octanol–water partition coefficient (Wildman–Crippen LogP) is 3.54. The maximum Gasteiger partial charge on any atom is 0.310 e. The van der Waals surface area contributed by atoms with Crippen LogP contribution in [0.3, 0.4) is 0 Å². The number of carbonyl (C=O) groups is 3. The van der Waals surface area contributed by atoms with E-state index in [1.54, 1.807) is 30.3 Å². The number of fused-ring (bicyclic) bond motifs is 1. The molecule has 1 spiro atoms. The van der Waals surface area contributed by atoms with Gasteiger partial charge < -0.3 is 4.74 Å². The van der Waals surface area contributed by atoms with Crippen LogP contribution in [0.2, 0.25) is 0 Å². The zero-order valence-electron chi connectivity index (χ0n) is 13.1. The fourth-order valence-corrected chi connectivity index (χ4v) is 4.62. The Hall–Kier alpha value is -2.34. The lowest BCUT2D eigenvalue weighted by molar-refractivity contribution is -0.142. The first kappa shape index (κ1) is 16.1. The van der Waals surface area contributed by atoms with Gasteiger partial charge in [-0.3, -0.25) is 14.4 Å². The highest BCUT2D eigenvalue weighted by atomic mass is 79.9. The van der Waals surface area contributed by atoms with Crippen molar-refractivity contribution in [3.63, 3.8) is 0 Å². The lowest BCUT2D eigenvalue weighted by Crippen LogP contribution is -2.24. The molecule has 0 radical (unpaired) electrons. The Kier molecular flexibility index (Phi) is 3.44. The molecule has 4 rings (SSSR count). The first-order valence-electron chi connectivity index (χ1n) is 7.66. The van der Waals surface area contributed by atoms with E-state index in [1.165, 1.54) is 19.2 Å².